The van der Waals surface area contributed by atoms with Crippen LogP contribution in [0.2, 0.25) is 0 Å². The normalized spacial score (nSPS) is 29.4. The van der Waals surface area contributed by atoms with Crippen LogP contribution in [0, 0.1) is 0 Å². The van der Waals surface area contributed by atoms with Crippen molar-refractivity contribution in [2.75, 3.05) is 25.2 Å². The van der Waals surface area contributed by atoms with Crippen LogP contribution in [0.4, 0.5) is 0 Å². The lowest BCUT2D eigenvalue weighted by Crippen LogP contribution is -2.40. The van der Waals surface area contributed by atoms with E-state index >= 15 is 0 Å². The molecule has 0 aromatic rings. The number of hydrogen-bond acceptors (Lipinski definition) is 4. The van der Waals surface area contributed by atoms with E-state index in [0.717, 1.165) is 12.8 Å². The summed E-state index contributed by atoms with van der Waals surface area (Å²) in [5, 5.41) is 0. The molecule has 0 aromatic carbocycles. The zero-order valence-electron chi connectivity index (χ0n) is 7.95. The average molecular weight is 207 g/mol. The molecule has 1 aliphatic rings. The van der Waals surface area contributed by atoms with Crippen LogP contribution >= 0.6 is 0 Å². The zero-order chi connectivity index (χ0) is 9.95. The molecule has 0 spiro atoms. The van der Waals surface area contributed by atoms with E-state index in [0.29, 0.717) is 19.6 Å². The second-order valence-electron chi connectivity index (χ2n) is 3.90. The Bertz CT molecular complexity index is 255. The Hall–Kier alpha value is -0.130. The van der Waals surface area contributed by atoms with Crippen LogP contribution in [0.3, 0.4) is 0 Å². The number of ether oxygens (including phenoxy) is 1. The van der Waals surface area contributed by atoms with Crippen molar-refractivity contribution >= 4 is 9.84 Å². The highest BCUT2D eigenvalue weighted by Gasteiger charge is 2.29. The van der Waals surface area contributed by atoms with Crippen LogP contribution in [-0.4, -0.2) is 39.2 Å². The highest BCUT2D eigenvalue weighted by atomic mass is 32.2. The quantitative estimate of drug-likeness (QED) is 0.700. The van der Waals surface area contributed by atoms with Gasteiger partial charge in [0.2, 0.25) is 0 Å². The molecule has 78 valence electrons. The minimum Gasteiger partial charge on any atom is -0.379 e. The molecule has 1 unspecified atom stereocenters. The van der Waals surface area contributed by atoms with Crippen molar-refractivity contribution in [3.05, 3.63) is 0 Å². The van der Waals surface area contributed by atoms with Gasteiger partial charge in [0, 0.05) is 24.2 Å². The second kappa shape index (κ2) is 3.94. The van der Waals surface area contributed by atoms with Crippen molar-refractivity contribution in [2.24, 2.45) is 5.73 Å². The van der Waals surface area contributed by atoms with Gasteiger partial charge in [-0.1, -0.05) is 0 Å². The minimum atomic E-state index is -2.84. The Morgan fingerprint density at radius 2 is 2.23 bits per heavy atom. The molecule has 1 aliphatic heterocycles. The van der Waals surface area contributed by atoms with Gasteiger partial charge in [-0.05, 0) is 19.3 Å². The monoisotopic (exact) mass is 207 g/mol. The van der Waals surface area contributed by atoms with Crippen LogP contribution in [0.1, 0.15) is 19.3 Å². The van der Waals surface area contributed by atoms with E-state index in [4.69, 9.17) is 10.5 Å². The summed E-state index contributed by atoms with van der Waals surface area (Å²) in [6.45, 7) is 1.27. The van der Waals surface area contributed by atoms with Crippen LogP contribution in [0.15, 0.2) is 0 Å². The van der Waals surface area contributed by atoms with Gasteiger partial charge < -0.3 is 10.5 Å². The summed E-state index contributed by atoms with van der Waals surface area (Å²) in [5.74, 6) is 0.228. The predicted molar refractivity (Wildman–Crippen MR) is 51.3 cm³/mol. The summed E-state index contributed by atoms with van der Waals surface area (Å²) in [6, 6.07) is 0. The van der Waals surface area contributed by atoms with E-state index in [1.807, 2.05) is 0 Å². The van der Waals surface area contributed by atoms with Gasteiger partial charge in [0.1, 0.15) is 9.84 Å². The molecule has 0 saturated carbocycles. The summed E-state index contributed by atoms with van der Waals surface area (Å²) in [6.07, 6.45) is 3.47. The van der Waals surface area contributed by atoms with Gasteiger partial charge in [-0.2, -0.15) is 0 Å². The second-order valence-corrected chi connectivity index (χ2v) is 6.16. The third-order valence-electron chi connectivity index (χ3n) is 2.32. The minimum absolute atomic E-state index is 0.228. The van der Waals surface area contributed by atoms with Crippen LogP contribution in [-0.2, 0) is 14.6 Å². The lowest BCUT2D eigenvalue weighted by atomic mass is 9.95. The molecule has 1 fully saturated rings. The van der Waals surface area contributed by atoms with Gasteiger partial charge >= 0.3 is 0 Å². The first-order chi connectivity index (χ1) is 5.91. The highest BCUT2D eigenvalue weighted by Crippen LogP contribution is 2.21. The predicted octanol–water partition coefficient (Wildman–Crippen LogP) is -0.0710. The number of sulfone groups is 1. The Morgan fingerprint density at radius 3 is 2.69 bits per heavy atom. The molecule has 0 amide bonds. The molecule has 0 aliphatic carbocycles. The first-order valence-corrected chi connectivity index (χ1v) is 6.52. The number of nitrogens with two attached hydrogens (primary N) is 1. The molecule has 13 heavy (non-hydrogen) atoms. The van der Waals surface area contributed by atoms with Gasteiger partial charge in [0.25, 0.3) is 0 Å². The lowest BCUT2D eigenvalue weighted by Gasteiger charge is -2.20. The van der Waals surface area contributed by atoms with Crippen LogP contribution < -0.4 is 5.73 Å². The summed E-state index contributed by atoms with van der Waals surface area (Å²) >= 11 is 0. The van der Waals surface area contributed by atoms with Crippen molar-refractivity contribution in [1.82, 2.24) is 0 Å². The highest BCUT2D eigenvalue weighted by molar-refractivity contribution is 7.90. The van der Waals surface area contributed by atoms with Crippen LogP contribution in [0.5, 0.6) is 0 Å². The van der Waals surface area contributed by atoms with E-state index in [2.05, 4.69) is 0 Å². The fourth-order valence-electron chi connectivity index (χ4n) is 1.51. The van der Waals surface area contributed by atoms with Crippen molar-refractivity contribution in [1.29, 1.82) is 0 Å². The largest absolute Gasteiger partial charge is 0.379 e. The molecule has 1 heterocycles. The Morgan fingerprint density at radius 1 is 1.54 bits per heavy atom. The topological polar surface area (TPSA) is 69.4 Å². The van der Waals surface area contributed by atoms with Crippen molar-refractivity contribution < 1.29 is 13.2 Å². The summed E-state index contributed by atoms with van der Waals surface area (Å²) in [4.78, 5) is 0. The fourth-order valence-corrected chi connectivity index (χ4v) is 2.18. The Labute approximate surface area is 79.4 Å². The molecule has 2 N–H and O–H groups in total. The fraction of sp³-hybridized carbons (Fsp3) is 1.00. The standard InChI is InChI=1S/C8H17NO3S/c1-13(10,11)6-2-3-8(9)4-5-12-7-8/h2-7,9H2,1H3. The Kier molecular flexibility index (Phi) is 3.32. The Balaban J connectivity index is 2.26. The number of hydrogen-bond donors (Lipinski definition) is 1. The van der Waals surface area contributed by atoms with Crippen molar-refractivity contribution in [3.8, 4) is 0 Å². The first-order valence-electron chi connectivity index (χ1n) is 4.46. The molecule has 1 rings (SSSR count). The smallest absolute Gasteiger partial charge is 0.147 e. The maximum atomic E-state index is 10.8. The van der Waals surface area contributed by atoms with E-state index in [1.165, 1.54) is 6.26 Å². The van der Waals surface area contributed by atoms with Gasteiger partial charge in [-0.15, -0.1) is 0 Å². The maximum Gasteiger partial charge on any atom is 0.147 e. The molecule has 0 aromatic heterocycles. The third kappa shape index (κ3) is 4.06. The molecule has 5 heteroatoms. The summed E-state index contributed by atoms with van der Waals surface area (Å²) < 4.78 is 26.8. The summed E-state index contributed by atoms with van der Waals surface area (Å²) in [7, 11) is -2.84. The molecular weight excluding hydrogens is 190 g/mol. The van der Waals surface area contributed by atoms with E-state index in [9.17, 15) is 8.42 Å². The number of rotatable bonds is 4. The first kappa shape index (κ1) is 10.9. The van der Waals surface area contributed by atoms with Crippen molar-refractivity contribution in [3.63, 3.8) is 0 Å². The lowest BCUT2D eigenvalue weighted by molar-refractivity contribution is 0.175. The third-order valence-corrected chi connectivity index (χ3v) is 3.35. The molecule has 1 saturated heterocycles. The van der Waals surface area contributed by atoms with E-state index < -0.39 is 9.84 Å². The summed E-state index contributed by atoms with van der Waals surface area (Å²) in [5.41, 5.74) is 5.70. The van der Waals surface area contributed by atoms with Crippen molar-refractivity contribution in [2.45, 2.75) is 24.8 Å². The van der Waals surface area contributed by atoms with Gasteiger partial charge in [0.05, 0.1) is 6.61 Å². The maximum absolute atomic E-state index is 10.8. The molecule has 0 bridgehead atoms. The van der Waals surface area contributed by atoms with Crippen LogP contribution in [0.25, 0.3) is 0 Å². The van der Waals surface area contributed by atoms with Gasteiger partial charge in [-0.3, -0.25) is 0 Å². The molecule has 0 radical (unpaired) electrons. The molecule has 1 atom stereocenters. The van der Waals surface area contributed by atoms with E-state index in [1.54, 1.807) is 0 Å². The zero-order valence-corrected chi connectivity index (χ0v) is 8.77. The molecule has 4 nitrogen and oxygen atoms in total. The SMILES string of the molecule is CS(=O)(=O)CCCC1(N)CCOC1. The molecular formula is C8H17NO3S. The van der Waals surface area contributed by atoms with Gasteiger partial charge in [-0.25, -0.2) is 8.42 Å². The van der Waals surface area contributed by atoms with Gasteiger partial charge in [0.15, 0.2) is 0 Å². The average Bonchev–Trinajstić information content (AvgIpc) is 2.33. The van der Waals surface area contributed by atoms with E-state index in [-0.39, 0.29) is 11.3 Å².